The van der Waals surface area contributed by atoms with E-state index in [4.69, 9.17) is 17.3 Å². The van der Waals surface area contributed by atoms with Crippen molar-refractivity contribution in [2.75, 3.05) is 18.8 Å². The van der Waals surface area contributed by atoms with Gasteiger partial charge in [-0.1, -0.05) is 17.7 Å². The molecule has 1 fully saturated rings. The zero-order valence-electron chi connectivity index (χ0n) is 9.12. The zero-order valence-corrected chi connectivity index (χ0v) is 9.87. The maximum atomic E-state index is 10.3. The van der Waals surface area contributed by atoms with Crippen LogP contribution in [0, 0.1) is 5.92 Å². The van der Waals surface area contributed by atoms with Gasteiger partial charge < -0.3 is 16.2 Å². The van der Waals surface area contributed by atoms with Crippen LogP contribution < -0.4 is 11.1 Å². The number of halogens is 1. The van der Waals surface area contributed by atoms with Crippen LogP contribution in [0.5, 0.6) is 0 Å². The van der Waals surface area contributed by atoms with Crippen molar-refractivity contribution in [3.05, 3.63) is 28.8 Å². The summed E-state index contributed by atoms with van der Waals surface area (Å²) in [6.07, 6.45) is 1.65. The van der Waals surface area contributed by atoms with Crippen molar-refractivity contribution in [1.29, 1.82) is 0 Å². The number of nitrogens with one attached hydrogen (secondary N) is 1. The summed E-state index contributed by atoms with van der Waals surface area (Å²) in [5.74, 6) is 0.247. The lowest BCUT2D eigenvalue weighted by molar-refractivity contribution is 0.0928. The first-order chi connectivity index (χ1) is 7.68. The molecule has 0 spiro atoms. The second-order valence-corrected chi connectivity index (χ2v) is 4.76. The fourth-order valence-corrected chi connectivity index (χ4v) is 2.40. The van der Waals surface area contributed by atoms with Crippen LogP contribution in [0.3, 0.4) is 0 Å². The van der Waals surface area contributed by atoms with Crippen LogP contribution in [0.1, 0.15) is 24.5 Å². The molecule has 1 saturated heterocycles. The number of aliphatic hydroxyl groups excluding tert-OH is 1. The quantitative estimate of drug-likeness (QED) is 0.693. The van der Waals surface area contributed by atoms with Crippen molar-refractivity contribution >= 4 is 17.3 Å². The molecule has 1 aromatic carbocycles. The van der Waals surface area contributed by atoms with E-state index in [1.54, 1.807) is 12.1 Å². The van der Waals surface area contributed by atoms with E-state index in [1.165, 1.54) is 0 Å². The van der Waals surface area contributed by atoms with Crippen LogP contribution in [0.25, 0.3) is 0 Å². The third kappa shape index (κ3) is 2.48. The first kappa shape index (κ1) is 11.7. The molecule has 4 heteroatoms. The summed E-state index contributed by atoms with van der Waals surface area (Å²) in [4.78, 5) is 0. The van der Waals surface area contributed by atoms with Gasteiger partial charge in [-0.15, -0.1) is 0 Å². The van der Waals surface area contributed by atoms with Crippen molar-refractivity contribution in [3.63, 3.8) is 0 Å². The normalized spacial score (nSPS) is 23.0. The van der Waals surface area contributed by atoms with Gasteiger partial charge in [0.25, 0.3) is 0 Å². The summed E-state index contributed by atoms with van der Waals surface area (Å²) < 4.78 is 0. The molecule has 2 unspecified atom stereocenters. The lowest BCUT2D eigenvalue weighted by atomic mass is 9.89. The highest BCUT2D eigenvalue weighted by atomic mass is 35.5. The minimum absolute atomic E-state index is 0.247. The fraction of sp³-hybridized carbons (Fsp3) is 0.500. The average molecular weight is 241 g/mol. The topological polar surface area (TPSA) is 58.3 Å². The molecule has 16 heavy (non-hydrogen) atoms. The molecule has 0 bridgehead atoms. The van der Waals surface area contributed by atoms with Gasteiger partial charge in [0, 0.05) is 28.7 Å². The lowest BCUT2D eigenvalue weighted by Gasteiger charge is -2.28. The van der Waals surface area contributed by atoms with Gasteiger partial charge in [-0.05, 0) is 31.5 Å². The summed E-state index contributed by atoms with van der Waals surface area (Å²) in [6.45, 7) is 1.89. The number of piperidine rings is 1. The molecule has 2 rings (SSSR count). The second kappa shape index (κ2) is 5.04. The van der Waals surface area contributed by atoms with E-state index in [2.05, 4.69) is 5.32 Å². The van der Waals surface area contributed by atoms with Gasteiger partial charge in [-0.25, -0.2) is 0 Å². The Kier molecular flexibility index (Phi) is 3.69. The number of aliphatic hydroxyl groups is 1. The van der Waals surface area contributed by atoms with Crippen molar-refractivity contribution in [1.82, 2.24) is 5.32 Å². The van der Waals surface area contributed by atoms with E-state index >= 15 is 0 Å². The highest BCUT2D eigenvalue weighted by Crippen LogP contribution is 2.31. The fourth-order valence-electron chi connectivity index (χ4n) is 2.22. The molecule has 3 nitrogen and oxygen atoms in total. The van der Waals surface area contributed by atoms with Gasteiger partial charge in [0.1, 0.15) is 0 Å². The summed E-state index contributed by atoms with van der Waals surface area (Å²) in [7, 11) is 0. The van der Waals surface area contributed by atoms with Crippen LogP contribution in [0.2, 0.25) is 5.02 Å². The molecule has 88 valence electrons. The van der Waals surface area contributed by atoms with Gasteiger partial charge in [0.05, 0.1) is 6.10 Å². The molecule has 1 heterocycles. The third-order valence-electron chi connectivity index (χ3n) is 3.15. The summed E-state index contributed by atoms with van der Waals surface area (Å²) in [6, 6.07) is 5.28. The Balaban J connectivity index is 2.15. The van der Waals surface area contributed by atoms with Gasteiger partial charge in [-0.2, -0.15) is 0 Å². The van der Waals surface area contributed by atoms with Crippen molar-refractivity contribution in [2.24, 2.45) is 5.92 Å². The van der Waals surface area contributed by atoms with Crippen LogP contribution in [-0.2, 0) is 0 Å². The standard InChI is InChI=1S/C12H17ClN2O/c13-9-3-4-10(11(14)6-9)12(16)8-2-1-5-15-7-8/h3-4,6,8,12,15-16H,1-2,5,7,14H2. The summed E-state index contributed by atoms with van der Waals surface area (Å²) in [5, 5.41) is 14.2. The molecular weight excluding hydrogens is 224 g/mol. The predicted molar refractivity (Wildman–Crippen MR) is 66.4 cm³/mol. The molecule has 0 aromatic heterocycles. The van der Waals surface area contributed by atoms with E-state index in [1.807, 2.05) is 6.07 Å². The maximum absolute atomic E-state index is 10.3. The van der Waals surface area contributed by atoms with Gasteiger partial charge in [-0.3, -0.25) is 0 Å². The summed E-state index contributed by atoms with van der Waals surface area (Å²) >= 11 is 5.83. The van der Waals surface area contributed by atoms with E-state index < -0.39 is 6.10 Å². The van der Waals surface area contributed by atoms with Crippen molar-refractivity contribution < 1.29 is 5.11 Å². The van der Waals surface area contributed by atoms with Crippen LogP contribution >= 0.6 is 11.6 Å². The Morgan fingerprint density at radius 3 is 2.94 bits per heavy atom. The van der Waals surface area contributed by atoms with E-state index in [-0.39, 0.29) is 5.92 Å². The predicted octanol–water partition coefficient (Wildman–Crippen LogP) is 1.96. The Labute approximate surface area is 101 Å². The molecule has 1 aliphatic rings. The number of nitrogen functional groups attached to an aromatic ring is 1. The number of nitrogens with two attached hydrogens (primary N) is 1. The molecule has 4 N–H and O–H groups in total. The lowest BCUT2D eigenvalue weighted by Crippen LogP contribution is -2.33. The zero-order chi connectivity index (χ0) is 11.5. The van der Waals surface area contributed by atoms with Crippen molar-refractivity contribution in [2.45, 2.75) is 18.9 Å². The number of benzene rings is 1. The molecule has 1 aliphatic heterocycles. The number of anilines is 1. The minimum Gasteiger partial charge on any atom is -0.398 e. The molecule has 0 radical (unpaired) electrons. The summed E-state index contributed by atoms with van der Waals surface area (Å²) in [5.41, 5.74) is 7.23. The van der Waals surface area contributed by atoms with Crippen LogP contribution in [0.15, 0.2) is 18.2 Å². The number of rotatable bonds is 2. The highest BCUT2D eigenvalue weighted by molar-refractivity contribution is 6.30. The molecule has 2 atom stereocenters. The smallest absolute Gasteiger partial charge is 0.0850 e. The number of hydrogen-bond acceptors (Lipinski definition) is 3. The first-order valence-electron chi connectivity index (χ1n) is 5.62. The van der Waals surface area contributed by atoms with Gasteiger partial charge in [0.2, 0.25) is 0 Å². The van der Waals surface area contributed by atoms with Crippen LogP contribution in [0.4, 0.5) is 5.69 Å². The first-order valence-corrected chi connectivity index (χ1v) is 6.00. The van der Waals surface area contributed by atoms with E-state index in [0.29, 0.717) is 10.7 Å². The molecule has 0 saturated carbocycles. The number of hydrogen-bond donors (Lipinski definition) is 3. The average Bonchev–Trinajstić information content (AvgIpc) is 2.29. The van der Waals surface area contributed by atoms with Crippen LogP contribution in [-0.4, -0.2) is 18.2 Å². The monoisotopic (exact) mass is 240 g/mol. The third-order valence-corrected chi connectivity index (χ3v) is 3.38. The molecule has 0 amide bonds. The molecular formula is C12H17ClN2O. The van der Waals surface area contributed by atoms with Crippen molar-refractivity contribution in [3.8, 4) is 0 Å². The Morgan fingerprint density at radius 2 is 2.31 bits per heavy atom. The SMILES string of the molecule is Nc1cc(Cl)ccc1C(O)C1CCCNC1. The second-order valence-electron chi connectivity index (χ2n) is 4.32. The maximum Gasteiger partial charge on any atom is 0.0850 e. The minimum atomic E-state index is -0.495. The van der Waals surface area contributed by atoms with E-state index in [0.717, 1.165) is 31.5 Å². The Morgan fingerprint density at radius 1 is 1.50 bits per heavy atom. The van der Waals surface area contributed by atoms with Gasteiger partial charge >= 0.3 is 0 Å². The largest absolute Gasteiger partial charge is 0.398 e. The van der Waals surface area contributed by atoms with E-state index in [9.17, 15) is 5.11 Å². The molecule has 1 aromatic rings. The molecule has 0 aliphatic carbocycles. The van der Waals surface area contributed by atoms with Gasteiger partial charge in [0.15, 0.2) is 0 Å². The Hall–Kier alpha value is -0.770. The highest BCUT2D eigenvalue weighted by Gasteiger charge is 2.24. The Bertz CT molecular complexity index is 364.